The lowest BCUT2D eigenvalue weighted by Gasteiger charge is -2.35. The number of hydrogen-bond donors (Lipinski definition) is 1. The number of carbonyl (C=O) groups excluding carboxylic acids is 3. The van der Waals surface area contributed by atoms with Crippen molar-refractivity contribution in [3.8, 4) is 0 Å². The largest absolute Gasteiger partial charge is 0.416 e. The first-order chi connectivity index (χ1) is 16.4. The predicted octanol–water partition coefficient (Wildman–Crippen LogP) is 4.11. The molecule has 188 valence electrons. The predicted molar refractivity (Wildman–Crippen MR) is 126 cm³/mol. The van der Waals surface area contributed by atoms with Crippen LogP contribution in [0.2, 0.25) is 0 Å². The zero-order valence-corrected chi connectivity index (χ0v) is 20.1. The van der Waals surface area contributed by atoms with Crippen LogP contribution in [0.5, 0.6) is 0 Å². The molecule has 0 atom stereocenters. The maximum absolute atomic E-state index is 12.7. The Bertz CT molecular complexity index is 1050. The molecule has 0 aromatic heterocycles. The van der Waals surface area contributed by atoms with E-state index in [0.717, 1.165) is 17.7 Å². The Morgan fingerprint density at radius 1 is 0.771 bits per heavy atom. The molecule has 0 radical (unpaired) electrons. The van der Waals surface area contributed by atoms with Crippen LogP contribution < -0.4 is 5.32 Å². The number of carbonyl (C=O) groups is 3. The van der Waals surface area contributed by atoms with Crippen molar-refractivity contribution in [3.05, 3.63) is 70.8 Å². The molecule has 1 aliphatic rings. The third-order valence-electron chi connectivity index (χ3n) is 6.02. The maximum atomic E-state index is 12.7. The second kappa shape index (κ2) is 10.5. The van der Waals surface area contributed by atoms with Crippen molar-refractivity contribution in [1.82, 2.24) is 15.1 Å². The van der Waals surface area contributed by atoms with E-state index in [9.17, 15) is 27.6 Å². The highest BCUT2D eigenvalue weighted by Crippen LogP contribution is 2.29. The molecule has 2 aromatic carbocycles. The molecule has 35 heavy (non-hydrogen) atoms. The summed E-state index contributed by atoms with van der Waals surface area (Å²) in [7, 11) is 0. The van der Waals surface area contributed by atoms with Crippen molar-refractivity contribution < 1.29 is 27.6 Å². The molecule has 2 aromatic rings. The van der Waals surface area contributed by atoms with E-state index in [1.165, 1.54) is 17.0 Å². The highest BCUT2D eigenvalue weighted by Gasteiger charge is 2.31. The van der Waals surface area contributed by atoms with Crippen LogP contribution in [0.25, 0.3) is 0 Å². The first-order valence-corrected chi connectivity index (χ1v) is 11.5. The van der Waals surface area contributed by atoms with Crippen LogP contribution in [0.15, 0.2) is 48.5 Å². The van der Waals surface area contributed by atoms with E-state index in [1.54, 1.807) is 17.0 Å². The van der Waals surface area contributed by atoms with E-state index >= 15 is 0 Å². The van der Waals surface area contributed by atoms with Crippen LogP contribution in [-0.2, 0) is 16.4 Å². The van der Waals surface area contributed by atoms with Crippen molar-refractivity contribution in [3.63, 3.8) is 0 Å². The summed E-state index contributed by atoms with van der Waals surface area (Å²) in [5, 5.41) is 2.76. The van der Waals surface area contributed by atoms with Gasteiger partial charge in [0.25, 0.3) is 11.8 Å². The Labute approximate surface area is 203 Å². The highest BCUT2D eigenvalue weighted by atomic mass is 19.4. The third kappa shape index (κ3) is 6.83. The summed E-state index contributed by atoms with van der Waals surface area (Å²) >= 11 is 0. The molecule has 3 amide bonds. The van der Waals surface area contributed by atoms with Crippen LogP contribution >= 0.6 is 0 Å². The molecule has 6 nitrogen and oxygen atoms in total. The number of nitrogens with zero attached hydrogens (tertiary/aromatic N) is 2. The normalized spacial score (nSPS) is 14.6. The molecule has 1 fully saturated rings. The molecule has 0 aliphatic carbocycles. The standard InChI is InChI=1S/C26H30F3N3O3/c1-25(2,3)20-8-4-18(5-9-20)23(34)30-13-12-22(33)31-14-16-32(17-15-31)24(35)19-6-10-21(11-7-19)26(27,28)29/h4-11H,12-17H2,1-3H3,(H,30,34). The molecule has 0 unspecified atom stereocenters. The van der Waals surface area contributed by atoms with Gasteiger partial charge in [-0.2, -0.15) is 13.2 Å². The number of nitrogens with one attached hydrogen (secondary N) is 1. The first kappa shape index (κ1) is 26.2. The lowest BCUT2D eigenvalue weighted by Crippen LogP contribution is -2.51. The van der Waals surface area contributed by atoms with Gasteiger partial charge in [-0.15, -0.1) is 0 Å². The number of rotatable bonds is 5. The fourth-order valence-electron chi connectivity index (χ4n) is 3.81. The van der Waals surface area contributed by atoms with Crippen molar-refractivity contribution >= 4 is 17.7 Å². The minimum atomic E-state index is -4.45. The van der Waals surface area contributed by atoms with E-state index in [2.05, 4.69) is 26.1 Å². The summed E-state index contributed by atoms with van der Waals surface area (Å²) in [6.45, 7) is 7.72. The molecule has 0 saturated carbocycles. The molecular weight excluding hydrogens is 459 g/mol. The van der Waals surface area contributed by atoms with Crippen LogP contribution in [0.3, 0.4) is 0 Å². The van der Waals surface area contributed by atoms with Gasteiger partial charge in [-0.1, -0.05) is 32.9 Å². The molecule has 0 bridgehead atoms. The van der Waals surface area contributed by atoms with Gasteiger partial charge in [0.05, 0.1) is 5.56 Å². The molecule has 1 saturated heterocycles. The van der Waals surface area contributed by atoms with E-state index in [0.29, 0.717) is 18.7 Å². The van der Waals surface area contributed by atoms with Crippen molar-refractivity contribution in [2.45, 2.75) is 38.8 Å². The zero-order valence-electron chi connectivity index (χ0n) is 20.1. The summed E-state index contributed by atoms with van der Waals surface area (Å²) in [6, 6.07) is 11.5. The fraction of sp³-hybridized carbons (Fsp3) is 0.423. The van der Waals surface area contributed by atoms with E-state index in [4.69, 9.17) is 0 Å². The lowest BCUT2D eigenvalue weighted by molar-refractivity contribution is -0.137. The van der Waals surface area contributed by atoms with Gasteiger partial charge in [0.1, 0.15) is 0 Å². The molecule has 0 spiro atoms. The van der Waals surface area contributed by atoms with Gasteiger partial charge in [-0.3, -0.25) is 14.4 Å². The highest BCUT2D eigenvalue weighted by molar-refractivity contribution is 5.95. The Hall–Kier alpha value is -3.36. The van der Waals surface area contributed by atoms with Crippen molar-refractivity contribution in [1.29, 1.82) is 0 Å². The molecular formula is C26H30F3N3O3. The topological polar surface area (TPSA) is 69.7 Å². The van der Waals surface area contributed by atoms with Crippen LogP contribution in [0.1, 0.15) is 59.0 Å². The molecule has 1 heterocycles. The average Bonchev–Trinajstić information content (AvgIpc) is 2.82. The monoisotopic (exact) mass is 489 g/mol. The van der Waals surface area contributed by atoms with E-state index < -0.39 is 11.7 Å². The number of alkyl halides is 3. The number of halogens is 3. The Morgan fingerprint density at radius 3 is 1.77 bits per heavy atom. The second-order valence-electron chi connectivity index (χ2n) is 9.58. The number of piperazine rings is 1. The average molecular weight is 490 g/mol. The van der Waals surface area contributed by atoms with Crippen LogP contribution in [0.4, 0.5) is 13.2 Å². The third-order valence-corrected chi connectivity index (χ3v) is 6.02. The van der Waals surface area contributed by atoms with E-state index in [1.807, 2.05) is 12.1 Å². The summed E-state index contributed by atoms with van der Waals surface area (Å²) in [4.78, 5) is 40.6. The van der Waals surface area contributed by atoms with E-state index in [-0.39, 0.29) is 54.8 Å². The molecule has 3 rings (SSSR count). The molecule has 9 heteroatoms. The van der Waals surface area contributed by atoms with Crippen LogP contribution in [0, 0.1) is 0 Å². The minimum Gasteiger partial charge on any atom is -0.352 e. The maximum Gasteiger partial charge on any atom is 0.416 e. The minimum absolute atomic E-state index is 0.00615. The summed E-state index contributed by atoms with van der Waals surface area (Å²) in [6.07, 6.45) is -4.32. The number of benzene rings is 2. The first-order valence-electron chi connectivity index (χ1n) is 11.5. The Kier molecular flexibility index (Phi) is 7.87. The summed E-state index contributed by atoms with van der Waals surface area (Å²) in [5.74, 6) is -0.740. The number of amides is 3. The fourth-order valence-corrected chi connectivity index (χ4v) is 3.81. The molecule has 1 aliphatic heterocycles. The molecule has 1 N–H and O–H groups in total. The van der Waals surface area contributed by atoms with Gasteiger partial charge in [-0.25, -0.2) is 0 Å². The Balaban J connectivity index is 1.43. The number of hydrogen-bond acceptors (Lipinski definition) is 3. The SMILES string of the molecule is CC(C)(C)c1ccc(C(=O)NCCC(=O)N2CCN(C(=O)c3ccc(C(F)(F)F)cc3)CC2)cc1. The summed E-state index contributed by atoms with van der Waals surface area (Å²) in [5.41, 5.74) is 1.02. The van der Waals surface area contributed by atoms with Crippen LogP contribution in [-0.4, -0.2) is 60.2 Å². The smallest absolute Gasteiger partial charge is 0.352 e. The lowest BCUT2D eigenvalue weighted by atomic mass is 9.87. The van der Waals surface area contributed by atoms with Gasteiger partial charge in [0.2, 0.25) is 5.91 Å². The quantitative estimate of drug-likeness (QED) is 0.688. The Morgan fingerprint density at radius 2 is 1.26 bits per heavy atom. The van der Waals surface area contributed by atoms with Gasteiger partial charge < -0.3 is 15.1 Å². The second-order valence-corrected chi connectivity index (χ2v) is 9.58. The summed E-state index contributed by atoms with van der Waals surface area (Å²) < 4.78 is 38.1. The zero-order chi connectivity index (χ0) is 25.8. The van der Waals surface area contributed by atoms with Gasteiger partial charge in [-0.05, 0) is 47.4 Å². The van der Waals surface area contributed by atoms with Crippen molar-refractivity contribution in [2.75, 3.05) is 32.7 Å². The van der Waals surface area contributed by atoms with Gasteiger partial charge >= 0.3 is 6.18 Å². The van der Waals surface area contributed by atoms with Gasteiger partial charge in [0, 0.05) is 50.3 Å². The van der Waals surface area contributed by atoms with Gasteiger partial charge in [0.15, 0.2) is 0 Å². The van der Waals surface area contributed by atoms with Crippen molar-refractivity contribution in [2.24, 2.45) is 0 Å².